The monoisotopic (exact) mass is 251 g/mol. The first-order valence-corrected chi connectivity index (χ1v) is 6.04. The predicted molar refractivity (Wildman–Crippen MR) is 71.3 cm³/mol. The van der Waals surface area contributed by atoms with Gasteiger partial charge in [0.1, 0.15) is 5.75 Å². The number of carbonyl (C=O) groups is 1. The highest BCUT2D eigenvalue weighted by Gasteiger charge is 2.26. The molecule has 1 rings (SSSR count). The standard InChI is InChI=1S/C14H21NO3/c1-8(2)10-6-5-9(3)12(13(10)18-4)11(7-15)14(16)17/h5-6,8,11H,7,15H2,1-4H3,(H,16,17). The van der Waals surface area contributed by atoms with Gasteiger partial charge in [0.2, 0.25) is 0 Å². The molecule has 0 fully saturated rings. The van der Waals surface area contributed by atoms with E-state index in [4.69, 9.17) is 10.5 Å². The summed E-state index contributed by atoms with van der Waals surface area (Å²) in [5, 5.41) is 9.27. The first-order chi connectivity index (χ1) is 8.43. The molecule has 0 amide bonds. The third kappa shape index (κ3) is 2.64. The second-order valence-corrected chi connectivity index (χ2v) is 4.70. The number of rotatable bonds is 5. The van der Waals surface area contributed by atoms with Gasteiger partial charge in [-0.05, 0) is 24.0 Å². The van der Waals surface area contributed by atoms with Crippen LogP contribution in [0.3, 0.4) is 0 Å². The normalized spacial score (nSPS) is 12.6. The number of nitrogens with two attached hydrogens (primary N) is 1. The van der Waals surface area contributed by atoms with E-state index < -0.39 is 11.9 Å². The van der Waals surface area contributed by atoms with E-state index in [9.17, 15) is 9.90 Å². The third-order valence-corrected chi connectivity index (χ3v) is 3.15. The minimum Gasteiger partial charge on any atom is -0.496 e. The highest BCUT2D eigenvalue weighted by atomic mass is 16.5. The van der Waals surface area contributed by atoms with Crippen molar-refractivity contribution in [3.05, 3.63) is 28.8 Å². The van der Waals surface area contributed by atoms with Crippen molar-refractivity contribution in [3.8, 4) is 5.75 Å². The molecule has 4 nitrogen and oxygen atoms in total. The number of hydrogen-bond donors (Lipinski definition) is 2. The van der Waals surface area contributed by atoms with Crippen molar-refractivity contribution < 1.29 is 14.6 Å². The number of hydrogen-bond acceptors (Lipinski definition) is 3. The summed E-state index contributed by atoms with van der Waals surface area (Å²) >= 11 is 0. The third-order valence-electron chi connectivity index (χ3n) is 3.15. The number of aliphatic carboxylic acids is 1. The van der Waals surface area contributed by atoms with Crippen LogP contribution in [-0.2, 0) is 4.79 Å². The molecule has 0 saturated heterocycles. The van der Waals surface area contributed by atoms with Gasteiger partial charge in [-0.3, -0.25) is 4.79 Å². The van der Waals surface area contributed by atoms with Crippen LogP contribution in [-0.4, -0.2) is 24.7 Å². The summed E-state index contributed by atoms with van der Waals surface area (Å²) in [4.78, 5) is 11.3. The van der Waals surface area contributed by atoms with Gasteiger partial charge in [-0.15, -0.1) is 0 Å². The molecule has 0 aliphatic rings. The second kappa shape index (κ2) is 5.87. The summed E-state index contributed by atoms with van der Waals surface area (Å²) in [5.41, 5.74) is 8.19. The van der Waals surface area contributed by atoms with Gasteiger partial charge in [-0.1, -0.05) is 26.0 Å². The molecular formula is C14H21NO3. The SMILES string of the molecule is COc1c(C(C)C)ccc(C)c1C(CN)C(=O)O. The fraction of sp³-hybridized carbons (Fsp3) is 0.500. The average molecular weight is 251 g/mol. The smallest absolute Gasteiger partial charge is 0.312 e. The summed E-state index contributed by atoms with van der Waals surface area (Å²) in [6.07, 6.45) is 0. The van der Waals surface area contributed by atoms with Crippen LogP contribution in [0.5, 0.6) is 5.75 Å². The highest BCUT2D eigenvalue weighted by Crippen LogP contribution is 2.36. The quantitative estimate of drug-likeness (QED) is 0.842. The molecule has 0 radical (unpaired) electrons. The molecule has 1 aromatic carbocycles. The Morgan fingerprint density at radius 3 is 2.44 bits per heavy atom. The summed E-state index contributed by atoms with van der Waals surface area (Å²) in [6.45, 7) is 6.05. The Labute approximate surface area is 108 Å². The molecular weight excluding hydrogens is 230 g/mol. The Kier molecular flexibility index (Phi) is 4.73. The van der Waals surface area contributed by atoms with Crippen molar-refractivity contribution in [2.24, 2.45) is 5.73 Å². The molecule has 4 heteroatoms. The van der Waals surface area contributed by atoms with Gasteiger partial charge in [0.05, 0.1) is 13.0 Å². The van der Waals surface area contributed by atoms with Gasteiger partial charge in [-0.2, -0.15) is 0 Å². The zero-order valence-corrected chi connectivity index (χ0v) is 11.4. The maximum Gasteiger partial charge on any atom is 0.312 e. The highest BCUT2D eigenvalue weighted by molar-refractivity contribution is 5.78. The van der Waals surface area contributed by atoms with Crippen molar-refractivity contribution in [3.63, 3.8) is 0 Å². The lowest BCUT2D eigenvalue weighted by atomic mass is 9.88. The van der Waals surface area contributed by atoms with E-state index in [-0.39, 0.29) is 12.5 Å². The topological polar surface area (TPSA) is 72.5 Å². The van der Waals surface area contributed by atoms with Gasteiger partial charge in [0.25, 0.3) is 0 Å². The molecule has 1 atom stereocenters. The fourth-order valence-electron chi connectivity index (χ4n) is 2.17. The minimum absolute atomic E-state index is 0.0636. The van der Waals surface area contributed by atoms with Crippen LogP contribution in [0.4, 0.5) is 0 Å². The van der Waals surface area contributed by atoms with E-state index in [1.54, 1.807) is 7.11 Å². The van der Waals surface area contributed by atoms with Crippen molar-refractivity contribution in [1.29, 1.82) is 0 Å². The Balaban J connectivity index is 3.49. The van der Waals surface area contributed by atoms with Crippen LogP contribution >= 0.6 is 0 Å². The van der Waals surface area contributed by atoms with E-state index >= 15 is 0 Å². The maximum atomic E-state index is 11.3. The van der Waals surface area contributed by atoms with Crippen LogP contribution in [0.2, 0.25) is 0 Å². The summed E-state index contributed by atoms with van der Waals surface area (Å²) in [5.74, 6) is -0.715. The molecule has 1 unspecified atom stereocenters. The number of carboxylic acid groups (broad SMARTS) is 1. The first kappa shape index (κ1) is 14.5. The van der Waals surface area contributed by atoms with Crippen molar-refractivity contribution in [2.75, 3.05) is 13.7 Å². The number of ether oxygens (including phenoxy) is 1. The van der Waals surface area contributed by atoms with E-state index in [1.165, 1.54) is 0 Å². The molecule has 0 spiro atoms. The molecule has 0 bridgehead atoms. The first-order valence-electron chi connectivity index (χ1n) is 6.04. The number of benzene rings is 1. The molecule has 100 valence electrons. The van der Waals surface area contributed by atoms with Crippen molar-refractivity contribution in [2.45, 2.75) is 32.6 Å². The average Bonchev–Trinajstić information content (AvgIpc) is 2.30. The van der Waals surface area contributed by atoms with Crippen LogP contribution in [0, 0.1) is 6.92 Å². The van der Waals surface area contributed by atoms with Crippen LogP contribution in [0.25, 0.3) is 0 Å². The maximum absolute atomic E-state index is 11.3. The van der Waals surface area contributed by atoms with E-state index in [1.807, 2.05) is 19.1 Å². The largest absolute Gasteiger partial charge is 0.496 e. The Morgan fingerprint density at radius 1 is 1.44 bits per heavy atom. The lowest BCUT2D eigenvalue weighted by molar-refractivity contribution is -0.138. The van der Waals surface area contributed by atoms with Crippen molar-refractivity contribution in [1.82, 2.24) is 0 Å². The lowest BCUT2D eigenvalue weighted by Crippen LogP contribution is -2.23. The van der Waals surface area contributed by atoms with Crippen LogP contribution < -0.4 is 10.5 Å². The Morgan fingerprint density at radius 2 is 2.06 bits per heavy atom. The number of methoxy groups -OCH3 is 1. The fourth-order valence-corrected chi connectivity index (χ4v) is 2.17. The zero-order chi connectivity index (χ0) is 13.9. The molecule has 0 aliphatic carbocycles. The van der Waals surface area contributed by atoms with Gasteiger partial charge in [-0.25, -0.2) is 0 Å². The molecule has 0 saturated carbocycles. The number of aryl methyl sites for hydroxylation is 1. The van der Waals surface area contributed by atoms with Gasteiger partial charge < -0.3 is 15.6 Å². The molecule has 3 N–H and O–H groups in total. The van der Waals surface area contributed by atoms with Gasteiger partial charge in [0.15, 0.2) is 0 Å². The van der Waals surface area contributed by atoms with Gasteiger partial charge >= 0.3 is 5.97 Å². The molecule has 18 heavy (non-hydrogen) atoms. The molecule has 1 aromatic rings. The minimum atomic E-state index is -0.917. The molecule has 0 aliphatic heterocycles. The predicted octanol–water partition coefficient (Wildman–Crippen LogP) is 2.25. The van der Waals surface area contributed by atoms with Crippen molar-refractivity contribution >= 4 is 5.97 Å². The summed E-state index contributed by atoms with van der Waals surface area (Å²) < 4.78 is 5.43. The summed E-state index contributed by atoms with van der Waals surface area (Å²) in [7, 11) is 1.57. The second-order valence-electron chi connectivity index (χ2n) is 4.70. The zero-order valence-electron chi connectivity index (χ0n) is 11.4. The van der Waals surface area contributed by atoms with E-state index in [0.29, 0.717) is 11.3 Å². The van der Waals surface area contributed by atoms with Crippen LogP contribution in [0.1, 0.15) is 42.4 Å². The van der Waals surface area contributed by atoms with E-state index in [0.717, 1.165) is 11.1 Å². The lowest BCUT2D eigenvalue weighted by Gasteiger charge is -2.21. The van der Waals surface area contributed by atoms with Gasteiger partial charge in [0, 0.05) is 12.1 Å². The Bertz CT molecular complexity index is 441. The Hall–Kier alpha value is -1.55. The number of carboxylic acids is 1. The summed E-state index contributed by atoms with van der Waals surface area (Å²) in [6, 6.07) is 3.91. The molecule has 0 heterocycles. The molecule has 0 aromatic heterocycles. The van der Waals surface area contributed by atoms with Crippen LogP contribution in [0.15, 0.2) is 12.1 Å². The van der Waals surface area contributed by atoms with E-state index in [2.05, 4.69) is 13.8 Å².